The van der Waals surface area contributed by atoms with Crippen LogP contribution in [0.3, 0.4) is 0 Å². The van der Waals surface area contributed by atoms with Gasteiger partial charge in [-0.25, -0.2) is 4.79 Å². The lowest BCUT2D eigenvalue weighted by Crippen LogP contribution is -2.17. The van der Waals surface area contributed by atoms with Crippen molar-refractivity contribution in [1.29, 1.82) is 0 Å². The molecule has 0 unspecified atom stereocenters. The summed E-state index contributed by atoms with van der Waals surface area (Å²) in [7, 11) is 1.27. The Balaban J connectivity index is 1.76. The van der Waals surface area contributed by atoms with Crippen molar-refractivity contribution < 1.29 is 19.1 Å². The number of hydrogen-bond donors (Lipinski definition) is 2. The van der Waals surface area contributed by atoms with Gasteiger partial charge in [-0.15, -0.1) is 22.7 Å². The third kappa shape index (κ3) is 3.79. The van der Waals surface area contributed by atoms with Crippen LogP contribution in [0.5, 0.6) is 0 Å². The molecule has 0 fully saturated rings. The van der Waals surface area contributed by atoms with Crippen LogP contribution in [0.1, 0.15) is 31.1 Å². The molecule has 2 N–H and O–H groups in total. The summed E-state index contributed by atoms with van der Waals surface area (Å²) in [5, 5.41) is 9.57. The van der Waals surface area contributed by atoms with Crippen molar-refractivity contribution >= 4 is 50.5 Å². The maximum absolute atomic E-state index is 12.6. The Morgan fingerprint density at radius 1 is 0.962 bits per heavy atom. The van der Waals surface area contributed by atoms with E-state index in [4.69, 9.17) is 0 Å². The van der Waals surface area contributed by atoms with E-state index in [2.05, 4.69) is 20.4 Å². The van der Waals surface area contributed by atoms with E-state index in [0.717, 1.165) is 0 Å². The molecular formula is C17H13N3O4S2. The first kappa shape index (κ1) is 17.8. The molecule has 3 rings (SSSR count). The first-order valence-electron chi connectivity index (χ1n) is 7.36. The highest BCUT2D eigenvalue weighted by molar-refractivity contribution is 7.15. The topological polar surface area (TPSA) is 97.4 Å². The fourth-order valence-corrected chi connectivity index (χ4v) is 3.65. The molecule has 0 aliphatic carbocycles. The van der Waals surface area contributed by atoms with Gasteiger partial charge >= 0.3 is 5.97 Å². The fourth-order valence-electron chi connectivity index (χ4n) is 2.10. The van der Waals surface area contributed by atoms with Gasteiger partial charge in [0, 0.05) is 12.4 Å². The van der Waals surface area contributed by atoms with Crippen molar-refractivity contribution in [2.45, 2.75) is 0 Å². The molecular weight excluding hydrogens is 374 g/mol. The fraction of sp³-hybridized carbons (Fsp3) is 0.0588. The SMILES string of the molecule is COC(=O)c1ccsc1NC(=O)c1ccsc1NC(=O)c1cccnc1. The molecule has 0 spiro atoms. The summed E-state index contributed by atoms with van der Waals surface area (Å²) in [5.41, 5.74) is 0.969. The van der Waals surface area contributed by atoms with Crippen LogP contribution in [-0.4, -0.2) is 29.9 Å². The monoisotopic (exact) mass is 387 g/mol. The number of aromatic nitrogens is 1. The molecule has 2 amide bonds. The predicted octanol–water partition coefficient (Wildman–Crippen LogP) is 3.50. The second-order valence-electron chi connectivity index (χ2n) is 4.97. The minimum absolute atomic E-state index is 0.280. The highest BCUT2D eigenvalue weighted by atomic mass is 32.1. The van der Waals surface area contributed by atoms with Crippen LogP contribution in [0.15, 0.2) is 47.4 Å². The van der Waals surface area contributed by atoms with E-state index < -0.39 is 11.9 Å². The molecule has 0 aliphatic rings. The van der Waals surface area contributed by atoms with Gasteiger partial charge in [0.2, 0.25) is 0 Å². The van der Waals surface area contributed by atoms with Crippen molar-refractivity contribution in [1.82, 2.24) is 4.98 Å². The van der Waals surface area contributed by atoms with Crippen LogP contribution < -0.4 is 10.6 Å². The maximum Gasteiger partial charge on any atom is 0.340 e. The van der Waals surface area contributed by atoms with Gasteiger partial charge in [-0.3, -0.25) is 14.6 Å². The molecule has 3 aromatic heterocycles. The standard InChI is InChI=1S/C17H13N3O4S2/c1-24-17(23)12-5-8-26-16(12)20-14(22)11-4-7-25-15(11)19-13(21)10-3-2-6-18-9-10/h2-9H,1H3,(H,19,21)(H,20,22). The molecule has 0 aromatic carbocycles. The summed E-state index contributed by atoms with van der Waals surface area (Å²) in [6.45, 7) is 0. The average Bonchev–Trinajstić information content (AvgIpc) is 3.31. The van der Waals surface area contributed by atoms with Crippen molar-refractivity contribution in [3.8, 4) is 0 Å². The van der Waals surface area contributed by atoms with Crippen LogP contribution >= 0.6 is 22.7 Å². The van der Waals surface area contributed by atoms with Crippen molar-refractivity contribution in [3.63, 3.8) is 0 Å². The number of amides is 2. The van der Waals surface area contributed by atoms with E-state index in [1.807, 2.05) is 0 Å². The number of ether oxygens (including phenoxy) is 1. The number of nitrogens with one attached hydrogen (secondary N) is 2. The molecule has 0 bridgehead atoms. The van der Waals surface area contributed by atoms with Gasteiger partial charge in [-0.2, -0.15) is 0 Å². The number of hydrogen-bond acceptors (Lipinski definition) is 7. The molecule has 0 aliphatic heterocycles. The van der Waals surface area contributed by atoms with E-state index in [-0.39, 0.29) is 11.5 Å². The second kappa shape index (κ2) is 7.89. The average molecular weight is 387 g/mol. The molecule has 132 valence electrons. The van der Waals surface area contributed by atoms with Gasteiger partial charge in [0.25, 0.3) is 11.8 Å². The maximum atomic E-state index is 12.6. The number of anilines is 2. The quantitative estimate of drug-likeness (QED) is 0.653. The molecule has 0 atom stereocenters. The van der Waals surface area contributed by atoms with Crippen LogP contribution in [0.25, 0.3) is 0 Å². The Morgan fingerprint density at radius 3 is 2.27 bits per heavy atom. The van der Waals surface area contributed by atoms with Gasteiger partial charge in [0.15, 0.2) is 0 Å². The van der Waals surface area contributed by atoms with Crippen molar-refractivity contribution in [2.75, 3.05) is 17.7 Å². The van der Waals surface area contributed by atoms with Crippen LogP contribution in [0, 0.1) is 0 Å². The Labute approximate surface area is 156 Å². The Hall–Kier alpha value is -3.04. The lowest BCUT2D eigenvalue weighted by atomic mass is 10.2. The number of nitrogens with zero attached hydrogens (tertiary/aromatic N) is 1. The number of carbonyl (C=O) groups is 3. The minimum Gasteiger partial charge on any atom is -0.465 e. The van der Waals surface area contributed by atoms with Crippen LogP contribution in [0.4, 0.5) is 10.0 Å². The van der Waals surface area contributed by atoms with E-state index in [0.29, 0.717) is 21.1 Å². The molecule has 3 heterocycles. The van der Waals surface area contributed by atoms with Crippen molar-refractivity contribution in [3.05, 3.63) is 64.1 Å². The minimum atomic E-state index is -0.531. The number of rotatable bonds is 5. The first-order chi connectivity index (χ1) is 12.6. The number of pyridine rings is 1. The number of thiophene rings is 2. The number of esters is 1. The summed E-state index contributed by atoms with van der Waals surface area (Å²) in [6.07, 6.45) is 3.01. The summed E-state index contributed by atoms with van der Waals surface area (Å²) < 4.78 is 4.69. The largest absolute Gasteiger partial charge is 0.465 e. The third-order valence-electron chi connectivity index (χ3n) is 3.36. The smallest absolute Gasteiger partial charge is 0.340 e. The molecule has 0 radical (unpaired) electrons. The van der Waals surface area contributed by atoms with Gasteiger partial charge in [0.05, 0.1) is 23.8 Å². The van der Waals surface area contributed by atoms with Gasteiger partial charge < -0.3 is 15.4 Å². The van der Waals surface area contributed by atoms with E-state index in [9.17, 15) is 14.4 Å². The Kier molecular flexibility index (Phi) is 5.40. The molecule has 0 saturated carbocycles. The normalized spacial score (nSPS) is 10.2. The second-order valence-corrected chi connectivity index (χ2v) is 6.80. The summed E-state index contributed by atoms with van der Waals surface area (Å²) in [6, 6.07) is 6.46. The van der Waals surface area contributed by atoms with E-state index in [1.54, 1.807) is 41.2 Å². The summed E-state index contributed by atoms with van der Waals surface area (Å²) in [4.78, 5) is 40.4. The number of methoxy groups -OCH3 is 1. The zero-order valence-electron chi connectivity index (χ0n) is 13.5. The van der Waals surface area contributed by atoms with Gasteiger partial charge in [-0.05, 0) is 35.0 Å². The molecule has 26 heavy (non-hydrogen) atoms. The predicted molar refractivity (Wildman–Crippen MR) is 100 cm³/mol. The zero-order valence-corrected chi connectivity index (χ0v) is 15.1. The Morgan fingerprint density at radius 2 is 1.62 bits per heavy atom. The molecule has 0 saturated heterocycles. The summed E-state index contributed by atoms with van der Waals surface area (Å²) >= 11 is 2.44. The first-order valence-corrected chi connectivity index (χ1v) is 9.12. The van der Waals surface area contributed by atoms with Crippen molar-refractivity contribution in [2.24, 2.45) is 0 Å². The van der Waals surface area contributed by atoms with Gasteiger partial charge in [0.1, 0.15) is 10.0 Å². The van der Waals surface area contributed by atoms with E-state index >= 15 is 0 Å². The highest BCUT2D eigenvalue weighted by Crippen LogP contribution is 2.28. The Bertz CT molecular complexity index is 950. The lowest BCUT2D eigenvalue weighted by molar-refractivity contribution is 0.0602. The molecule has 7 nitrogen and oxygen atoms in total. The molecule has 9 heteroatoms. The third-order valence-corrected chi connectivity index (χ3v) is 5.02. The highest BCUT2D eigenvalue weighted by Gasteiger charge is 2.20. The lowest BCUT2D eigenvalue weighted by Gasteiger charge is -2.07. The zero-order chi connectivity index (χ0) is 18.5. The van der Waals surface area contributed by atoms with Crippen LogP contribution in [0.2, 0.25) is 0 Å². The van der Waals surface area contributed by atoms with E-state index in [1.165, 1.54) is 36.0 Å². The number of carbonyl (C=O) groups excluding carboxylic acids is 3. The summed E-state index contributed by atoms with van der Waals surface area (Å²) in [5.74, 6) is -1.32. The molecule has 3 aromatic rings. The van der Waals surface area contributed by atoms with Crippen LogP contribution in [-0.2, 0) is 4.74 Å². The van der Waals surface area contributed by atoms with Gasteiger partial charge in [-0.1, -0.05) is 0 Å².